The summed E-state index contributed by atoms with van der Waals surface area (Å²) in [5.74, 6) is -0.239. The zero-order valence-electron chi connectivity index (χ0n) is 10.6. The number of thioether (sulfide) groups is 1. The summed E-state index contributed by atoms with van der Waals surface area (Å²) < 4.78 is 0. The van der Waals surface area contributed by atoms with E-state index in [0.29, 0.717) is 18.7 Å². The van der Waals surface area contributed by atoms with Crippen LogP contribution in [0, 0.1) is 0 Å². The lowest BCUT2D eigenvalue weighted by Crippen LogP contribution is -2.19. The Kier molecular flexibility index (Phi) is 9.03. The summed E-state index contributed by atoms with van der Waals surface area (Å²) in [4.78, 5) is 23.2. The van der Waals surface area contributed by atoms with Crippen molar-refractivity contribution in [2.24, 2.45) is 5.73 Å². The van der Waals surface area contributed by atoms with Gasteiger partial charge in [0.05, 0.1) is 11.4 Å². The summed E-state index contributed by atoms with van der Waals surface area (Å²) in [6.45, 7) is 0.627. The number of para-hydroxylation sites is 1. The lowest BCUT2D eigenvalue weighted by atomic mass is 10.3. The van der Waals surface area contributed by atoms with E-state index < -0.39 is 0 Å². The summed E-state index contributed by atoms with van der Waals surface area (Å²) in [5.41, 5.74) is 5.81. The van der Waals surface area contributed by atoms with Crippen LogP contribution in [0.5, 0.6) is 0 Å². The number of nitrogens with two attached hydrogens (primary N) is 1. The number of hydrogen-bond acceptors (Lipinski definition) is 4. The first-order valence-electron chi connectivity index (χ1n) is 5.58. The quantitative estimate of drug-likeness (QED) is 0.662. The molecule has 0 aliphatic carbocycles. The highest BCUT2D eigenvalue weighted by molar-refractivity contribution is 8.00. The number of anilines is 1. The van der Waals surface area contributed by atoms with Gasteiger partial charge in [-0.25, -0.2) is 0 Å². The fourth-order valence-corrected chi connectivity index (χ4v) is 2.04. The van der Waals surface area contributed by atoms with Gasteiger partial charge in [-0.05, 0) is 19.2 Å². The Hall–Kier alpha value is -1.24. The van der Waals surface area contributed by atoms with Crippen LogP contribution in [0.1, 0.15) is 6.42 Å². The molecule has 1 aromatic rings. The van der Waals surface area contributed by atoms with Crippen LogP contribution < -0.4 is 16.4 Å². The topological polar surface area (TPSA) is 84.2 Å². The van der Waals surface area contributed by atoms with Crippen molar-refractivity contribution in [2.45, 2.75) is 11.3 Å². The van der Waals surface area contributed by atoms with Gasteiger partial charge in [0.15, 0.2) is 0 Å². The van der Waals surface area contributed by atoms with Gasteiger partial charge < -0.3 is 16.4 Å². The molecule has 1 aromatic carbocycles. The van der Waals surface area contributed by atoms with Crippen LogP contribution in [0.2, 0.25) is 0 Å². The van der Waals surface area contributed by atoms with Crippen molar-refractivity contribution in [1.29, 1.82) is 0 Å². The molecule has 0 spiro atoms. The number of hydrogen-bond donors (Lipinski definition) is 3. The molecule has 0 heterocycles. The Morgan fingerprint density at radius 2 is 2.00 bits per heavy atom. The monoisotopic (exact) mass is 303 g/mol. The Morgan fingerprint density at radius 1 is 1.32 bits per heavy atom. The number of nitrogens with one attached hydrogen (secondary N) is 2. The molecule has 0 bridgehead atoms. The van der Waals surface area contributed by atoms with Crippen molar-refractivity contribution in [3.8, 4) is 0 Å². The Balaban J connectivity index is 0.00000324. The summed E-state index contributed by atoms with van der Waals surface area (Å²) in [7, 11) is 1.80. The molecule has 0 atom stereocenters. The normalized spacial score (nSPS) is 9.53. The molecule has 0 aromatic heterocycles. The van der Waals surface area contributed by atoms with Gasteiger partial charge in [-0.1, -0.05) is 12.1 Å². The predicted octanol–water partition coefficient (Wildman–Crippen LogP) is 1.23. The maximum atomic E-state index is 11.6. The van der Waals surface area contributed by atoms with Crippen LogP contribution in [-0.2, 0) is 9.59 Å². The van der Waals surface area contributed by atoms with Crippen molar-refractivity contribution in [3.63, 3.8) is 0 Å². The molecule has 0 fully saturated rings. The molecule has 106 valence electrons. The molecule has 4 N–H and O–H groups in total. The smallest absolute Gasteiger partial charge is 0.227 e. The molecule has 1 rings (SSSR count). The van der Waals surface area contributed by atoms with Crippen LogP contribution in [0.25, 0.3) is 0 Å². The van der Waals surface area contributed by atoms with Crippen LogP contribution in [0.3, 0.4) is 0 Å². The van der Waals surface area contributed by atoms with Gasteiger partial charge in [0.25, 0.3) is 0 Å². The number of primary amides is 1. The fourth-order valence-electron chi connectivity index (χ4n) is 1.30. The predicted molar refractivity (Wildman–Crippen MR) is 80.8 cm³/mol. The van der Waals surface area contributed by atoms with E-state index in [4.69, 9.17) is 5.73 Å². The highest BCUT2D eigenvalue weighted by Gasteiger charge is 2.07. The Bertz CT molecular complexity index is 429. The molecule has 19 heavy (non-hydrogen) atoms. The number of amides is 2. The highest BCUT2D eigenvalue weighted by atomic mass is 35.5. The number of halogens is 1. The van der Waals surface area contributed by atoms with Gasteiger partial charge >= 0.3 is 0 Å². The molecule has 0 saturated heterocycles. The fraction of sp³-hybridized carbons (Fsp3) is 0.333. The van der Waals surface area contributed by atoms with Crippen LogP contribution >= 0.6 is 24.2 Å². The first-order valence-corrected chi connectivity index (χ1v) is 6.56. The molecular weight excluding hydrogens is 286 g/mol. The molecule has 2 amide bonds. The summed E-state index contributed by atoms with van der Waals surface area (Å²) >= 11 is 1.32. The van der Waals surface area contributed by atoms with E-state index in [2.05, 4.69) is 10.6 Å². The number of carbonyl (C=O) groups excluding carboxylic acids is 2. The zero-order valence-corrected chi connectivity index (χ0v) is 12.3. The largest absolute Gasteiger partial charge is 0.369 e. The average Bonchev–Trinajstić information content (AvgIpc) is 2.35. The Morgan fingerprint density at radius 3 is 2.63 bits per heavy atom. The van der Waals surface area contributed by atoms with Crippen molar-refractivity contribution in [1.82, 2.24) is 5.32 Å². The third-order valence-corrected chi connectivity index (χ3v) is 3.23. The Labute approximate surface area is 123 Å². The average molecular weight is 304 g/mol. The summed E-state index contributed by atoms with van der Waals surface area (Å²) in [6, 6.07) is 7.34. The lowest BCUT2D eigenvalue weighted by molar-refractivity contribution is -0.116. The van der Waals surface area contributed by atoms with Crippen molar-refractivity contribution < 1.29 is 9.59 Å². The molecule has 5 nitrogen and oxygen atoms in total. The van der Waals surface area contributed by atoms with Crippen LogP contribution in [0.15, 0.2) is 29.2 Å². The zero-order chi connectivity index (χ0) is 13.4. The molecule has 0 unspecified atom stereocenters. The van der Waals surface area contributed by atoms with Gasteiger partial charge in [0.1, 0.15) is 0 Å². The third kappa shape index (κ3) is 7.05. The van der Waals surface area contributed by atoms with Crippen molar-refractivity contribution in [2.75, 3.05) is 24.7 Å². The van der Waals surface area contributed by atoms with Gasteiger partial charge in [-0.3, -0.25) is 9.59 Å². The first kappa shape index (κ1) is 17.8. The van der Waals surface area contributed by atoms with E-state index in [1.807, 2.05) is 18.2 Å². The number of benzene rings is 1. The van der Waals surface area contributed by atoms with Crippen molar-refractivity contribution >= 4 is 41.7 Å². The van der Waals surface area contributed by atoms with Gasteiger partial charge in [-0.15, -0.1) is 24.2 Å². The SMILES string of the molecule is CNCCC(=O)Nc1ccccc1SCC(N)=O.Cl. The van der Waals surface area contributed by atoms with Gasteiger partial charge in [-0.2, -0.15) is 0 Å². The second-order valence-corrected chi connectivity index (χ2v) is 4.67. The number of carbonyl (C=O) groups is 2. The minimum absolute atomic E-state index is 0. The van der Waals surface area contributed by atoms with Crippen LogP contribution in [0.4, 0.5) is 5.69 Å². The maximum Gasteiger partial charge on any atom is 0.227 e. The number of rotatable bonds is 7. The van der Waals surface area contributed by atoms with E-state index >= 15 is 0 Å². The standard InChI is InChI=1S/C12H17N3O2S.ClH/c1-14-7-6-12(17)15-9-4-2-3-5-10(9)18-8-11(13)16;/h2-5,14H,6-8H2,1H3,(H2,13,16)(H,15,17);1H. The van der Waals surface area contributed by atoms with E-state index in [9.17, 15) is 9.59 Å². The minimum atomic E-state index is -0.378. The molecule has 0 aliphatic heterocycles. The van der Waals surface area contributed by atoms with Crippen LogP contribution in [-0.4, -0.2) is 31.2 Å². The van der Waals surface area contributed by atoms with Crippen molar-refractivity contribution in [3.05, 3.63) is 24.3 Å². The molecule has 0 aliphatic rings. The molecule has 0 saturated carbocycles. The minimum Gasteiger partial charge on any atom is -0.369 e. The lowest BCUT2D eigenvalue weighted by Gasteiger charge is -2.09. The van der Waals surface area contributed by atoms with E-state index in [1.165, 1.54) is 11.8 Å². The van der Waals surface area contributed by atoms with E-state index in [1.54, 1.807) is 13.1 Å². The highest BCUT2D eigenvalue weighted by Crippen LogP contribution is 2.26. The van der Waals surface area contributed by atoms with Gasteiger partial charge in [0, 0.05) is 17.9 Å². The van der Waals surface area contributed by atoms with E-state index in [0.717, 1.165) is 4.90 Å². The second kappa shape index (κ2) is 9.66. The van der Waals surface area contributed by atoms with Gasteiger partial charge in [0.2, 0.25) is 11.8 Å². The molecule has 7 heteroatoms. The second-order valence-electron chi connectivity index (χ2n) is 3.65. The molecular formula is C12H18ClN3O2S. The molecule has 0 radical (unpaired) electrons. The van der Waals surface area contributed by atoms with E-state index in [-0.39, 0.29) is 30.0 Å². The third-order valence-electron chi connectivity index (χ3n) is 2.13. The summed E-state index contributed by atoms with van der Waals surface area (Å²) in [5, 5.41) is 5.73. The maximum absolute atomic E-state index is 11.6. The summed E-state index contributed by atoms with van der Waals surface area (Å²) in [6.07, 6.45) is 0.408. The first-order chi connectivity index (χ1) is 8.63.